The molecule has 17 heavy (non-hydrogen) atoms. The van der Waals surface area contributed by atoms with Gasteiger partial charge in [0.15, 0.2) is 5.78 Å². The first-order chi connectivity index (χ1) is 7.99. The molecule has 0 aliphatic heterocycles. The first-order valence-corrected chi connectivity index (χ1v) is 6.54. The van der Waals surface area contributed by atoms with Gasteiger partial charge in [-0.15, -0.1) is 11.3 Å². The number of benzene rings is 1. The third kappa shape index (κ3) is 2.45. The maximum absolute atomic E-state index is 13.2. The molecule has 0 saturated carbocycles. The molecule has 1 heterocycles. The van der Waals surface area contributed by atoms with Crippen LogP contribution in [0, 0.1) is 12.7 Å². The Morgan fingerprint density at radius 2 is 2.18 bits per heavy atom. The Labute approximate surface area is 111 Å². The fraction of sp³-hybridized carbons (Fsp3) is 0.167. The molecule has 5 heteroatoms. The van der Waals surface area contributed by atoms with Crippen molar-refractivity contribution in [3.8, 4) is 10.6 Å². The van der Waals surface area contributed by atoms with Gasteiger partial charge >= 0.3 is 0 Å². The molecule has 0 atom stereocenters. The Kier molecular flexibility index (Phi) is 3.40. The number of hydrogen-bond acceptors (Lipinski definition) is 3. The van der Waals surface area contributed by atoms with Crippen LogP contribution in [0.1, 0.15) is 22.3 Å². The summed E-state index contributed by atoms with van der Waals surface area (Å²) in [6.07, 6.45) is 0. The van der Waals surface area contributed by atoms with Crippen molar-refractivity contribution in [2.45, 2.75) is 13.8 Å². The van der Waals surface area contributed by atoms with Crippen LogP contribution in [-0.4, -0.2) is 10.8 Å². The number of aryl methyl sites for hydroxylation is 1. The van der Waals surface area contributed by atoms with Crippen LogP contribution in [0.5, 0.6) is 0 Å². The van der Waals surface area contributed by atoms with E-state index in [4.69, 9.17) is 0 Å². The van der Waals surface area contributed by atoms with Gasteiger partial charge in [-0.3, -0.25) is 4.79 Å². The zero-order valence-corrected chi connectivity index (χ0v) is 11.7. The summed E-state index contributed by atoms with van der Waals surface area (Å²) in [5.41, 5.74) is 1.36. The molecule has 0 bridgehead atoms. The SMILES string of the molecule is CC(=O)c1sc(-c2cc(F)ccc2Br)nc1C. The topological polar surface area (TPSA) is 30.0 Å². The van der Waals surface area contributed by atoms with Crippen LogP contribution in [0.25, 0.3) is 10.6 Å². The van der Waals surface area contributed by atoms with Crippen molar-refractivity contribution in [1.82, 2.24) is 4.98 Å². The number of nitrogens with zero attached hydrogens (tertiary/aromatic N) is 1. The Bertz CT molecular complexity index is 594. The Morgan fingerprint density at radius 1 is 1.47 bits per heavy atom. The van der Waals surface area contributed by atoms with Gasteiger partial charge in [0.1, 0.15) is 10.8 Å². The number of rotatable bonds is 2. The normalized spacial score (nSPS) is 10.6. The average Bonchev–Trinajstić information content (AvgIpc) is 2.64. The van der Waals surface area contributed by atoms with Gasteiger partial charge in [0.05, 0.1) is 10.6 Å². The van der Waals surface area contributed by atoms with Crippen molar-refractivity contribution in [2.75, 3.05) is 0 Å². The third-order valence-corrected chi connectivity index (χ3v) is 4.26. The van der Waals surface area contributed by atoms with Gasteiger partial charge in [-0.25, -0.2) is 9.37 Å². The summed E-state index contributed by atoms with van der Waals surface area (Å²) in [5, 5.41) is 0.652. The lowest BCUT2D eigenvalue weighted by molar-refractivity contribution is 0.102. The van der Waals surface area contributed by atoms with E-state index in [1.54, 1.807) is 13.0 Å². The second-order valence-corrected chi connectivity index (χ2v) is 5.47. The monoisotopic (exact) mass is 313 g/mol. The molecular weight excluding hydrogens is 305 g/mol. The molecule has 1 aromatic heterocycles. The highest BCUT2D eigenvalue weighted by Crippen LogP contribution is 2.33. The zero-order valence-electron chi connectivity index (χ0n) is 9.25. The molecule has 0 saturated heterocycles. The number of carbonyl (C=O) groups is 1. The van der Waals surface area contributed by atoms with Gasteiger partial charge in [-0.2, -0.15) is 0 Å². The molecule has 2 aromatic rings. The van der Waals surface area contributed by atoms with Crippen LogP contribution < -0.4 is 0 Å². The van der Waals surface area contributed by atoms with Gasteiger partial charge in [-0.05, 0) is 25.1 Å². The summed E-state index contributed by atoms with van der Waals surface area (Å²) in [4.78, 5) is 16.3. The van der Waals surface area contributed by atoms with E-state index in [1.807, 2.05) is 0 Å². The zero-order chi connectivity index (χ0) is 12.6. The summed E-state index contributed by atoms with van der Waals surface area (Å²) in [7, 11) is 0. The molecule has 0 aliphatic carbocycles. The lowest BCUT2D eigenvalue weighted by atomic mass is 10.2. The minimum atomic E-state index is -0.319. The molecule has 2 rings (SSSR count). The van der Waals surface area contributed by atoms with Crippen molar-refractivity contribution in [2.24, 2.45) is 0 Å². The number of thiazole rings is 1. The fourth-order valence-corrected chi connectivity index (χ4v) is 3.06. The van der Waals surface area contributed by atoms with Crippen LogP contribution >= 0.6 is 27.3 Å². The second-order valence-electron chi connectivity index (χ2n) is 3.61. The molecule has 0 spiro atoms. The van der Waals surface area contributed by atoms with E-state index in [0.29, 0.717) is 21.1 Å². The van der Waals surface area contributed by atoms with E-state index in [1.165, 1.54) is 30.4 Å². The number of Topliss-reactive ketones (excluding diaryl/α,β-unsaturated/α-hetero) is 1. The molecule has 0 aliphatic rings. The lowest BCUT2D eigenvalue weighted by Crippen LogP contribution is -1.89. The highest BCUT2D eigenvalue weighted by Gasteiger charge is 2.15. The number of aromatic nitrogens is 1. The standard InChI is InChI=1S/C12H9BrFNOS/c1-6-11(7(2)16)17-12(15-6)9-5-8(14)3-4-10(9)13/h3-5H,1-2H3. The Morgan fingerprint density at radius 3 is 2.76 bits per heavy atom. The van der Waals surface area contributed by atoms with Crippen molar-refractivity contribution in [3.05, 3.63) is 39.1 Å². The summed E-state index contributed by atoms with van der Waals surface area (Å²) >= 11 is 4.64. The summed E-state index contributed by atoms with van der Waals surface area (Å²) in [6.45, 7) is 3.29. The summed E-state index contributed by atoms with van der Waals surface area (Å²) < 4.78 is 14.0. The van der Waals surface area contributed by atoms with E-state index in [2.05, 4.69) is 20.9 Å². The van der Waals surface area contributed by atoms with Crippen LogP contribution in [0.2, 0.25) is 0 Å². The first-order valence-electron chi connectivity index (χ1n) is 4.93. The van der Waals surface area contributed by atoms with Gasteiger partial charge in [0.2, 0.25) is 0 Å². The predicted molar refractivity (Wildman–Crippen MR) is 69.9 cm³/mol. The first kappa shape index (κ1) is 12.4. The van der Waals surface area contributed by atoms with Gasteiger partial charge in [0, 0.05) is 17.0 Å². The molecule has 0 unspecified atom stereocenters. The van der Waals surface area contributed by atoms with Crippen LogP contribution in [0.3, 0.4) is 0 Å². The fourth-order valence-electron chi connectivity index (χ4n) is 1.50. The van der Waals surface area contributed by atoms with Crippen LogP contribution in [0.15, 0.2) is 22.7 Å². The highest BCUT2D eigenvalue weighted by molar-refractivity contribution is 9.10. The highest BCUT2D eigenvalue weighted by atomic mass is 79.9. The molecule has 0 radical (unpaired) electrons. The molecule has 2 nitrogen and oxygen atoms in total. The minimum Gasteiger partial charge on any atom is -0.294 e. The van der Waals surface area contributed by atoms with E-state index in [9.17, 15) is 9.18 Å². The molecule has 0 amide bonds. The molecule has 0 N–H and O–H groups in total. The van der Waals surface area contributed by atoms with Gasteiger partial charge in [-0.1, -0.05) is 15.9 Å². The maximum Gasteiger partial charge on any atom is 0.171 e. The van der Waals surface area contributed by atoms with Gasteiger partial charge < -0.3 is 0 Å². The molecule has 0 fully saturated rings. The third-order valence-electron chi connectivity index (χ3n) is 2.28. The smallest absolute Gasteiger partial charge is 0.171 e. The second kappa shape index (κ2) is 4.66. The van der Waals surface area contributed by atoms with E-state index >= 15 is 0 Å². The van der Waals surface area contributed by atoms with Crippen LogP contribution in [0.4, 0.5) is 4.39 Å². The number of halogens is 2. The van der Waals surface area contributed by atoms with E-state index in [-0.39, 0.29) is 11.6 Å². The van der Waals surface area contributed by atoms with Gasteiger partial charge in [0.25, 0.3) is 0 Å². The quantitative estimate of drug-likeness (QED) is 0.777. The maximum atomic E-state index is 13.2. The minimum absolute atomic E-state index is 0.0150. The largest absolute Gasteiger partial charge is 0.294 e. The van der Waals surface area contributed by atoms with Crippen molar-refractivity contribution >= 4 is 33.0 Å². The predicted octanol–water partition coefficient (Wildman–Crippen LogP) is 4.22. The summed E-state index contributed by atoms with van der Waals surface area (Å²) in [6, 6.07) is 4.42. The molecule has 1 aromatic carbocycles. The number of carbonyl (C=O) groups excluding carboxylic acids is 1. The summed E-state index contributed by atoms with van der Waals surface area (Å²) in [5.74, 6) is -0.334. The van der Waals surface area contributed by atoms with Crippen molar-refractivity contribution in [1.29, 1.82) is 0 Å². The Balaban J connectivity index is 2.57. The number of hydrogen-bond donors (Lipinski definition) is 0. The lowest BCUT2D eigenvalue weighted by Gasteiger charge is -1.99. The van der Waals surface area contributed by atoms with E-state index < -0.39 is 0 Å². The van der Waals surface area contributed by atoms with E-state index in [0.717, 1.165) is 4.47 Å². The Hall–Kier alpha value is -1.07. The van der Waals surface area contributed by atoms with Crippen molar-refractivity contribution in [3.63, 3.8) is 0 Å². The van der Waals surface area contributed by atoms with Crippen molar-refractivity contribution < 1.29 is 9.18 Å². The number of ketones is 1. The molecular formula is C12H9BrFNOS. The molecule has 88 valence electrons. The average molecular weight is 314 g/mol. The van der Waals surface area contributed by atoms with Crippen LogP contribution in [-0.2, 0) is 0 Å².